The van der Waals surface area contributed by atoms with Crippen LogP contribution in [0.5, 0.6) is 0 Å². The third-order valence-corrected chi connectivity index (χ3v) is 6.88. The molecular formula is C27H50O6. The zero-order valence-electron chi connectivity index (χ0n) is 22.0. The minimum atomic E-state index is -2.96. The van der Waals surface area contributed by atoms with Gasteiger partial charge in [-0.15, -0.1) is 0 Å². The highest BCUT2D eigenvalue weighted by Gasteiger charge is 2.65. The van der Waals surface area contributed by atoms with E-state index in [1.807, 2.05) is 41.5 Å². The number of rotatable bonds is 20. The normalized spacial score (nSPS) is 14.2. The van der Waals surface area contributed by atoms with Gasteiger partial charge in [0.1, 0.15) is 0 Å². The van der Waals surface area contributed by atoms with Crippen LogP contribution in [0.2, 0.25) is 0 Å². The fourth-order valence-corrected chi connectivity index (χ4v) is 5.14. The van der Waals surface area contributed by atoms with E-state index in [1.165, 1.54) is 0 Å². The minimum absolute atomic E-state index is 0.442. The first-order valence-corrected chi connectivity index (χ1v) is 13.3. The lowest BCUT2D eigenvalue weighted by molar-refractivity contribution is -0.200. The number of carbonyl (C=O) groups is 3. The average molecular weight is 471 g/mol. The van der Waals surface area contributed by atoms with E-state index in [1.54, 1.807) is 0 Å². The molecule has 33 heavy (non-hydrogen) atoms. The van der Waals surface area contributed by atoms with Gasteiger partial charge in [0.15, 0.2) is 23.0 Å². The Kier molecular flexibility index (Phi) is 15.2. The van der Waals surface area contributed by atoms with Crippen molar-refractivity contribution in [1.82, 2.24) is 0 Å². The van der Waals surface area contributed by atoms with Gasteiger partial charge in [-0.3, -0.25) is 14.4 Å². The quantitative estimate of drug-likeness (QED) is 0.220. The van der Waals surface area contributed by atoms with Gasteiger partial charge in [-0.1, -0.05) is 80.1 Å². The maximum Gasteiger partial charge on any atom is 0.220 e. The first-order chi connectivity index (χ1) is 15.6. The number of carbonyl (C=O) groups excluding carboxylic acids is 3. The van der Waals surface area contributed by atoms with E-state index < -0.39 is 52.9 Å². The van der Waals surface area contributed by atoms with Gasteiger partial charge >= 0.3 is 0 Å². The molecule has 3 N–H and O–H groups in total. The molecule has 0 saturated heterocycles. The van der Waals surface area contributed by atoms with Crippen molar-refractivity contribution < 1.29 is 29.7 Å². The van der Waals surface area contributed by atoms with Crippen LogP contribution in [0.25, 0.3) is 0 Å². The molecule has 0 amide bonds. The SMILES string of the molecule is CCCC(CCC)C(=O)C(O)(CO)C(O)(C(=O)C(CCC)CCC)C(=O)C(CCC)CCC. The van der Waals surface area contributed by atoms with Crippen molar-refractivity contribution in [3.8, 4) is 0 Å². The van der Waals surface area contributed by atoms with Gasteiger partial charge in [-0.25, -0.2) is 0 Å². The second kappa shape index (κ2) is 15.7. The van der Waals surface area contributed by atoms with Crippen LogP contribution >= 0.6 is 0 Å². The molecule has 0 saturated carbocycles. The van der Waals surface area contributed by atoms with Gasteiger partial charge in [-0.05, 0) is 38.5 Å². The Hall–Kier alpha value is -1.11. The highest BCUT2D eigenvalue weighted by atomic mass is 16.4. The zero-order chi connectivity index (χ0) is 25.7. The van der Waals surface area contributed by atoms with Crippen LogP contribution in [0.1, 0.15) is 119 Å². The smallest absolute Gasteiger partial charge is 0.220 e. The predicted molar refractivity (Wildman–Crippen MR) is 132 cm³/mol. The van der Waals surface area contributed by atoms with Gasteiger partial charge in [0.2, 0.25) is 5.60 Å². The second-order valence-electron chi connectivity index (χ2n) is 9.64. The number of hydrogen-bond donors (Lipinski definition) is 3. The minimum Gasteiger partial charge on any atom is -0.393 e. The van der Waals surface area contributed by atoms with Crippen LogP contribution < -0.4 is 0 Å². The van der Waals surface area contributed by atoms with Crippen LogP contribution in [0.15, 0.2) is 0 Å². The lowest BCUT2D eigenvalue weighted by Crippen LogP contribution is -2.72. The van der Waals surface area contributed by atoms with Crippen LogP contribution in [-0.4, -0.2) is 50.5 Å². The Morgan fingerprint density at radius 3 is 1.00 bits per heavy atom. The van der Waals surface area contributed by atoms with Crippen molar-refractivity contribution in [2.75, 3.05) is 6.61 Å². The summed E-state index contributed by atoms with van der Waals surface area (Å²) in [6.07, 6.45) is 6.65. The van der Waals surface area contributed by atoms with E-state index in [0.29, 0.717) is 77.0 Å². The van der Waals surface area contributed by atoms with E-state index in [2.05, 4.69) is 0 Å². The van der Waals surface area contributed by atoms with Gasteiger partial charge in [-0.2, -0.15) is 0 Å². The van der Waals surface area contributed by atoms with E-state index in [-0.39, 0.29) is 0 Å². The number of hydrogen-bond acceptors (Lipinski definition) is 6. The number of aliphatic hydroxyl groups excluding tert-OH is 1. The average Bonchev–Trinajstić information content (AvgIpc) is 2.81. The Balaban J connectivity index is 6.86. The van der Waals surface area contributed by atoms with Crippen molar-refractivity contribution in [3.63, 3.8) is 0 Å². The molecule has 0 aliphatic heterocycles. The fourth-order valence-electron chi connectivity index (χ4n) is 5.14. The lowest BCUT2D eigenvalue weighted by Gasteiger charge is -2.43. The molecule has 0 bridgehead atoms. The molecule has 0 spiro atoms. The second-order valence-corrected chi connectivity index (χ2v) is 9.64. The third-order valence-electron chi connectivity index (χ3n) is 6.88. The Labute approximate surface area is 201 Å². The first-order valence-electron chi connectivity index (χ1n) is 13.3. The van der Waals surface area contributed by atoms with Crippen molar-refractivity contribution in [1.29, 1.82) is 0 Å². The largest absolute Gasteiger partial charge is 0.393 e. The zero-order valence-corrected chi connectivity index (χ0v) is 22.0. The maximum absolute atomic E-state index is 13.9. The highest BCUT2D eigenvalue weighted by Crippen LogP contribution is 2.38. The molecule has 0 heterocycles. The summed E-state index contributed by atoms with van der Waals surface area (Å²) in [5, 5.41) is 33.9. The van der Waals surface area contributed by atoms with E-state index in [9.17, 15) is 29.7 Å². The van der Waals surface area contributed by atoms with Gasteiger partial charge in [0.05, 0.1) is 6.61 Å². The molecule has 1 unspecified atom stereocenters. The van der Waals surface area contributed by atoms with E-state index >= 15 is 0 Å². The van der Waals surface area contributed by atoms with E-state index in [4.69, 9.17) is 0 Å². The summed E-state index contributed by atoms with van der Waals surface area (Å²) < 4.78 is 0. The maximum atomic E-state index is 13.9. The summed E-state index contributed by atoms with van der Waals surface area (Å²) >= 11 is 0. The molecular weight excluding hydrogens is 420 g/mol. The molecule has 0 aliphatic rings. The highest BCUT2D eigenvalue weighted by molar-refractivity contribution is 6.17. The summed E-state index contributed by atoms with van der Waals surface area (Å²) in [4.78, 5) is 41.3. The van der Waals surface area contributed by atoms with Crippen LogP contribution in [0.4, 0.5) is 0 Å². The molecule has 6 nitrogen and oxygen atoms in total. The topological polar surface area (TPSA) is 112 Å². The molecule has 1 atom stereocenters. The van der Waals surface area contributed by atoms with Gasteiger partial charge < -0.3 is 15.3 Å². The third kappa shape index (κ3) is 7.43. The molecule has 0 aromatic carbocycles. The van der Waals surface area contributed by atoms with E-state index in [0.717, 1.165) is 0 Å². The molecule has 0 aromatic rings. The number of ketones is 3. The molecule has 0 rings (SSSR count). The van der Waals surface area contributed by atoms with Gasteiger partial charge in [0, 0.05) is 17.8 Å². The molecule has 0 aromatic heterocycles. The molecule has 6 heteroatoms. The standard InChI is InChI=1S/C27H50O6/c1-7-13-20(14-8-2)23(29)26(32,19-28)27(33,24(30)21(15-9-3)16-10-4)25(31)22(17-11-5)18-12-6/h20-22,28,32-33H,7-19H2,1-6H3. The van der Waals surface area contributed by atoms with Crippen LogP contribution in [0, 0.1) is 17.8 Å². The Bertz CT molecular complexity index is 555. The summed E-state index contributed by atoms with van der Waals surface area (Å²) in [7, 11) is 0. The lowest BCUT2D eigenvalue weighted by atomic mass is 9.64. The Morgan fingerprint density at radius 1 is 0.545 bits per heavy atom. The van der Waals surface area contributed by atoms with Crippen molar-refractivity contribution in [2.45, 2.75) is 130 Å². The van der Waals surface area contributed by atoms with Crippen molar-refractivity contribution in [3.05, 3.63) is 0 Å². The number of Topliss-reactive ketones (excluding diaryl/α,β-unsaturated/α-hetero) is 3. The molecule has 194 valence electrons. The molecule has 0 aliphatic carbocycles. The summed E-state index contributed by atoms with van der Waals surface area (Å²) in [5.41, 5.74) is -5.81. The summed E-state index contributed by atoms with van der Waals surface area (Å²) in [5.74, 6) is -4.40. The summed E-state index contributed by atoms with van der Waals surface area (Å²) in [6, 6.07) is 0. The monoisotopic (exact) mass is 470 g/mol. The van der Waals surface area contributed by atoms with Crippen molar-refractivity contribution in [2.24, 2.45) is 17.8 Å². The van der Waals surface area contributed by atoms with Crippen LogP contribution in [-0.2, 0) is 14.4 Å². The molecule has 0 radical (unpaired) electrons. The van der Waals surface area contributed by atoms with Crippen molar-refractivity contribution >= 4 is 17.3 Å². The summed E-state index contributed by atoms with van der Waals surface area (Å²) in [6.45, 7) is 10.3. The Morgan fingerprint density at radius 2 is 0.788 bits per heavy atom. The first kappa shape index (κ1) is 31.9. The number of aliphatic hydroxyl groups is 3. The van der Waals surface area contributed by atoms with Crippen LogP contribution in [0.3, 0.4) is 0 Å². The molecule has 0 fully saturated rings. The predicted octanol–water partition coefficient (Wildman–Crippen LogP) is 4.80. The van der Waals surface area contributed by atoms with Gasteiger partial charge in [0.25, 0.3) is 0 Å². The fraction of sp³-hybridized carbons (Fsp3) is 0.889.